The molecular formula is C11H10Cl2N2S. The van der Waals surface area contributed by atoms with Crippen LogP contribution in [0.3, 0.4) is 0 Å². The van der Waals surface area contributed by atoms with E-state index in [9.17, 15) is 0 Å². The summed E-state index contributed by atoms with van der Waals surface area (Å²) in [6.07, 6.45) is 1.67. The van der Waals surface area contributed by atoms with Gasteiger partial charge in [-0.25, -0.2) is 4.98 Å². The van der Waals surface area contributed by atoms with Crippen LogP contribution in [0.1, 0.15) is 10.6 Å². The van der Waals surface area contributed by atoms with E-state index in [0.717, 1.165) is 33.0 Å². The molecule has 2 rings (SSSR count). The van der Waals surface area contributed by atoms with Gasteiger partial charge in [-0.2, -0.15) is 0 Å². The minimum absolute atomic E-state index is 0.722. The molecule has 1 aromatic carbocycles. The number of halogens is 2. The molecule has 2 nitrogen and oxygen atoms in total. The molecule has 2 aromatic rings. The standard InChI is InChI=1S/C11H10Cl2N2S/c12-9-3-1-2-8(4-9)5-14-7-11-15-6-10(13)16-11/h1-4,6,14H,5,7H2. The van der Waals surface area contributed by atoms with Crippen molar-refractivity contribution in [2.45, 2.75) is 13.1 Å². The Morgan fingerprint density at radius 1 is 1.25 bits per heavy atom. The smallest absolute Gasteiger partial charge is 0.113 e. The normalized spacial score (nSPS) is 10.6. The molecule has 0 spiro atoms. The molecule has 1 heterocycles. The fourth-order valence-electron chi connectivity index (χ4n) is 1.33. The van der Waals surface area contributed by atoms with Gasteiger partial charge in [-0.1, -0.05) is 35.3 Å². The van der Waals surface area contributed by atoms with Crippen LogP contribution in [-0.2, 0) is 13.1 Å². The first kappa shape index (κ1) is 11.9. The van der Waals surface area contributed by atoms with Gasteiger partial charge in [-0.05, 0) is 17.7 Å². The average molecular weight is 273 g/mol. The Bertz CT molecular complexity index is 471. The van der Waals surface area contributed by atoms with Crippen LogP contribution >= 0.6 is 34.5 Å². The van der Waals surface area contributed by atoms with Crippen molar-refractivity contribution in [3.05, 3.63) is 50.4 Å². The molecule has 1 aromatic heterocycles. The molecular weight excluding hydrogens is 263 g/mol. The number of rotatable bonds is 4. The summed E-state index contributed by atoms with van der Waals surface area (Å²) < 4.78 is 0.722. The van der Waals surface area contributed by atoms with E-state index in [2.05, 4.69) is 10.3 Å². The Labute approximate surface area is 108 Å². The minimum atomic E-state index is 0.722. The second-order valence-corrected chi connectivity index (χ2v) is 5.47. The average Bonchev–Trinajstić information content (AvgIpc) is 2.64. The molecule has 0 fully saturated rings. The summed E-state index contributed by atoms with van der Waals surface area (Å²) >= 11 is 13.2. The van der Waals surface area contributed by atoms with Crippen molar-refractivity contribution in [2.24, 2.45) is 0 Å². The molecule has 0 unspecified atom stereocenters. The first-order valence-corrected chi connectivity index (χ1v) is 6.36. The van der Waals surface area contributed by atoms with Crippen molar-refractivity contribution in [1.82, 2.24) is 10.3 Å². The summed E-state index contributed by atoms with van der Waals surface area (Å²) in [6.45, 7) is 1.50. The van der Waals surface area contributed by atoms with E-state index in [0.29, 0.717) is 0 Å². The van der Waals surface area contributed by atoms with Crippen molar-refractivity contribution < 1.29 is 0 Å². The highest BCUT2D eigenvalue weighted by molar-refractivity contribution is 7.15. The van der Waals surface area contributed by atoms with E-state index in [-0.39, 0.29) is 0 Å². The maximum Gasteiger partial charge on any atom is 0.113 e. The Morgan fingerprint density at radius 3 is 2.81 bits per heavy atom. The van der Waals surface area contributed by atoms with Crippen LogP contribution in [0.4, 0.5) is 0 Å². The zero-order valence-corrected chi connectivity index (χ0v) is 10.7. The molecule has 0 aliphatic carbocycles. The van der Waals surface area contributed by atoms with Crippen molar-refractivity contribution >= 4 is 34.5 Å². The van der Waals surface area contributed by atoms with Gasteiger partial charge in [0.05, 0.1) is 6.20 Å². The predicted octanol–water partition coefficient (Wildman–Crippen LogP) is 3.74. The van der Waals surface area contributed by atoms with Gasteiger partial charge in [-0.15, -0.1) is 11.3 Å². The molecule has 1 N–H and O–H groups in total. The molecule has 84 valence electrons. The lowest BCUT2D eigenvalue weighted by atomic mass is 10.2. The fourth-order valence-corrected chi connectivity index (χ4v) is 2.47. The third-order valence-electron chi connectivity index (χ3n) is 2.02. The van der Waals surface area contributed by atoms with E-state index >= 15 is 0 Å². The predicted molar refractivity (Wildman–Crippen MR) is 69.1 cm³/mol. The maximum absolute atomic E-state index is 5.89. The fraction of sp³-hybridized carbons (Fsp3) is 0.182. The molecule has 0 bridgehead atoms. The van der Waals surface area contributed by atoms with E-state index in [1.54, 1.807) is 6.20 Å². The molecule has 0 aliphatic rings. The quantitative estimate of drug-likeness (QED) is 0.917. The van der Waals surface area contributed by atoms with Gasteiger partial charge in [0, 0.05) is 18.1 Å². The second-order valence-electron chi connectivity index (χ2n) is 3.29. The molecule has 0 radical (unpaired) electrons. The Kier molecular flexibility index (Phi) is 4.18. The van der Waals surface area contributed by atoms with Gasteiger partial charge in [0.25, 0.3) is 0 Å². The summed E-state index contributed by atoms with van der Waals surface area (Å²) in [7, 11) is 0. The van der Waals surface area contributed by atoms with E-state index < -0.39 is 0 Å². The van der Waals surface area contributed by atoms with E-state index in [1.165, 1.54) is 11.3 Å². The summed E-state index contributed by atoms with van der Waals surface area (Å²) in [4.78, 5) is 4.16. The topological polar surface area (TPSA) is 24.9 Å². The number of hydrogen-bond acceptors (Lipinski definition) is 3. The van der Waals surface area contributed by atoms with Crippen molar-refractivity contribution in [3.8, 4) is 0 Å². The van der Waals surface area contributed by atoms with Crippen molar-refractivity contribution in [1.29, 1.82) is 0 Å². The van der Waals surface area contributed by atoms with E-state index in [1.807, 2.05) is 24.3 Å². The van der Waals surface area contributed by atoms with Gasteiger partial charge in [0.15, 0.2) is 0 Å². The van der Waals surface area contributed by atoms with Crippen LogP contribution in [0.2, 0.25) is 9.36 Å². The number of nitrogens with one attached hydrogen (secondary N) is 1. The molecule has 0 aliphatic heterocycles. The monoisotopic (exact) mass is 272 g/mol. The van der Waals surface area contributed by atoms with Crippen molar-refractivity contribution in [2.75, 3.05) is 0 Å². The summed E-state index contributed by atoms with van der Waals surface area (Å²) in [5.41, 5.74) is 1.16. The van der Waals surface area contributed by atoms with Crippen LogP contribution in [0.25, 0.3) is 0 Å². The molecule has 0 amide bonds. The lowest BCUT2D eigenvalue weighted by Gasteiger charge is -2.02. The maximum atomic E-state index is 5.89. The largest absolute Gasteiger partial charge is 0.306 e. The highest BCUT2D eigenvalue weighted by Crippen LogP contribution is 2.18. The Balaban J connectivity index is 1.84. The summed E-state index contributed by atoms with van der Waals surface area (Å²) in [5.74, 6) is 0. The third kappa shape index (κ3) is 3.46. The highest BCUT2D eigenvalue weighted by Gasteiger charge is 1.99. The first-order chi connectivity index (χ1) is 7.74. The SMILES string of the molecule is Clc1cccc(CNCc2ncc(Cl)s2)c1. The number of hydrogen-bond donors (Lipinski definition) is 1. The summed E-state index contributed by atoms with van der Waals surface area (Å²) in [5, 5.41) is 5.04. The number of thiazole rings is 1. The van der Waals surface area contributed by atoms with Gasteiger partial charge in [-0.3, -0.25) is 0 Å². The molecule has 5 heteroatoms. The molecule has 0 saturated carbocycles. The number of benzene rings is 1. The second kappa shape index (κ2) is 5.64. The van der Waals surface area contributed by atoms with Crippen LogP contribution in [-0.4, -0.2) is 4.98 Å². The van der Waals surface area contributed by atoms with Gasteiger partial charge in [0.2, 0.25) is 0 Å². The number of nitrogens with zero attached hydrogens (tertiary/aromatic N) is 1. The Hall–Kier alpha value is -0.610. The van der Waals surface area contributed by atoms with Crippen molar-refractivity contribution in [3.63, 3.8) is 0 Å². The summed E-state index contributed by atoms with van der Waals surface area (Å²) in [6, 6.07) is 7.79. The molecule has 0 atom stereocenters. The zero-order valence-electron chi connectivity index (χ0n) is 8.41. The van der Waals surface area contributed by atoms with Gasteiger partial charge >= 0.3 is 0 Å². The van der Waals surface area contributed by atoms with Gasteiger partial charge < -0.3 is 5.32 Å². The molecule has 0 saturated heterocycles. The zero-order chi connectivity index (χ0) is 11.4. The van der Waals surface area contributed by atoms with Gasteiger partial charge in [0.1, 0.15) is 9.34 Å². The minimum Gasteiger partial charge on any atom is -0.306 e. The highest BCUT2D eigenvalue weighted by atomic mass is 35.5. The van der Waals surface area contributed by atoms with E-state index in [4.69, 9.17) is 23.2 Å². The number of aromatic nitrogens is 1. The van der Waals surface area contributed by atoms with Crippen LogP contribution in [0.5, 0.6) is 0 Å². The van der Waals surface area contributed by atoms with Crippen LogP contribution < -0.4 is 5.32 Å². The lowest BCUT2D eigenvalue weighted by molar-refractivity contribution is 0.690. The lowest BCUT2D eigenvalue weighted by Crippen LogP contribution is -2.12. The Morgan fingerprint density at radius 2 is 2.12 bits per heavy atom. The third-order valence-corrected chi connectivity index (χ3v) is 3.37. The van der Waals surface area contributed by atoms with Crippen LogP contribution in [0.15, 0.2) is 30.5 Å². The first-order valence-electron chi connectivity index (χ1n) is 4.79. The van der Waals surface area contributed by atoms with Crippen LogP contribution in [0, 0.1) is 0 Å². The molecule has 16 heavy (non-hydrogen) atoms.